The van der Waals surface area contributed by atoms with Gasteiger partial charge in [0.1, 0.15) is 29.9 Å². The fourth-order valence-electron chi connectivity index (χ4n) is 2.79. The van der Waals surface area contributed by atoms with Crippen LogP contribution in [0, 0.1) is 36.3 Å². The third-order valence-corrected chi connectivity index (χ3v) is 4.29. The Morgan fingerprint density at radius 2 is 2.04 bits per heavy atom. The summed E-state index contributed by atoms with van der Waals surface area (Å²) in [6, 6.07) is 4.94. The molecule has 1 N–H and O–H groups in total. The van der Waals surface area contributed by atoms with E-state index in [1.807, 2.05) is 13.0 Å². The number of halogens is 2. The number of hydrogen-bond acceptors (Lipinski definition) is 4. The highest BCUT2D eigenvalue weighted by atomic mass is 19.1. The predicted octanol–water partition coefficient (Wildman–Crippen LogP) is 2.84. The molecule has 0 aliphatic heterocycles. The van der Waals surface area contributed by atoms with E-state index >= 15 is 0 Å². The molecule has 0 saturated heterocycles. The molecule has 27 heavy (non-hydrogen) atoms. The Morgan fingerprint density at radius 1 is 1.22 bits per heavy atom. The van der Waals surface area contributed by atoms with Crippen LogP contribution in [-0.4, -0.2) is 24.9 Å². The molecule has 2 heterocycles. The van der Waals surface area contributed by atoms with E-state index in [0.29, 0.717) is 5.56 Å². The van der Waals surface area contributed by atoms with Gasteiger partial charge in [-0.1, -0.05) is 17.9 Å². The van der Waals surface area contributed by atoms with Gasteiger partial charge in [0.25, 0.3) is 0 Å². The highest BCUT2D eigenvalue weighted by Crippen LogP contribution is 2.33. The largest absolute Gasteiger partial charge is 0.382 e. The van der Waals surface area contributed by atoms with Crippen molar-refractivity contribution in [2.75, 3.05) is 0 Å². The monoisotopic (exact) mass is 368 g/mol. The number of hydrogen-bond donors (Lipinski definition) is 1. The topological polar surface area (TPSA) is 63.8 Å². The Hall–Kier alpha value is -3.11. The summed E-state index contributed by atoms with van der Waals surface area (Å²) in [6.07, 6.45) is 6.05. The number of nitrogens with zero attached hydrogens (tertiary/aromatic N) is 4. The molecule has 0 bridgehead atoms. The molecular formula is C20H18F2N4O. The molecule has 3 rings (SSSR count). The summed E-state index contributed by atoms with van der Waals surface area (Å²) in [5, 5.41) is 15.3. The molecular weight excluding hydrogens is 350 g/mol. The maximum Gasteiger partial charge on any atom is 0.137 e. The minimum Gasteiger partial charge on any atom is -0.382 e. The van der Waals surface area contributed by atoms with E-state index in [4.69, 9.17) is 0 Å². The van der Waals surface area contributed by atoms with E-state index in [1.165, 1.54) is 23.4 Å². The van der Waals surface area contributed by atoms with Gasteiger partial charge in [0.15, 0.2) is 0 Å². The Bertz CT molecular complexity index is 995. The number of pyridine rings is 1. The fourth-order valence-corrected chi connectivity index (χ4v) is 2.79. The van der Waals surface area contributed by atoms with Crippen molar-refractivity contribution in [1.82, 2.24) is 19.7 Å². The van der Waals surface area contributed by atoms with Gasteiger partial charge >= 0.3 is 0 Å². The minimum atomic E-state index is -1.74. The highest BCUT2D eigenvalue weighted by Gasteiger charge is 2.38. The third kappa shape index (κ3) is 4.18. The highest BCUT2D eigenvalue weighted by molar-refractivity contribution is 5.36. The van der Waals surface area contributed by atoms with Gasteiger partial charge in [-0.2, -0.15) is 5.10 Å². The molecule has 1 aromatic carbocycles. The van der Waals surface area contributed by atoms with Crippen LogP contribution in [-0.2, 0) is 12.1 Å². The number of benzene rings is 1. The van der Waals surface area contributed by atoms with Crippen molar-refractivity contribution in [3.05, 3.63) is 77.6 Å². The van der Waals surface area contributed by atoms with Crippen LogP contribution in [0.25, 0.3) is 0 Å². The molecule has 0 fully saturated rings. The second-order valence-electron chi connectivity index (χ2n) is 6.38. The van der Waals surface area contributed by atoms with Crippen molar-refractivity contribution in [3.63, 3.8) is 0 Å². The average molecular weight is 368 g/mol. The van der Waals surface area contributed by atoms with E-state index in [0.717, 1.165) is 17.7 Å². The van der Waals surface area contributed by atoms with Gasteiger partial charge < -0.3 is 5.11 Å². The van der Waals surface area contributed by atoms with Crippen molar-refractivity contribution < 1.29 is 13.9 Å². The maximum absolute atomic E-state index is 14.4. The molecule has 2 atom stereocenters. The van der Waals surface area contributed by atoms with Crippen LogP contribution >= 0.6 is 0 Å². The van der Waals surface area contributed by atoms with Crippen LogP contribution in [0.15, 0.2) is 49.3 Å². The second-order valence-corrected chi connectivity index (χ2v) is 6.38. The van der Waals surface area contributed by atoms with Crippen molar-refractivity contribution in [2.24, 2.45) is 5.92 Å². The van der Waals surface area contributed by atoms with Crippen LogP contribution in [0.5, 0.6) is 0 Å². The molecule has 2 aromatic heterocycles. The molecule has 0 aliphatic carbocycles. The summed E-state index contributed by atoms with van der Waals surface area (Å²) in [5.74, 6) is 3.66. The first-order valence-corrected chi connectivity index (χ1v) is 8.32. The summed E-state index contributed by atoms with van der Waals surface area (Å²) in [7, 11) is 0. The van der Waals surface area contributed by atoms with Gasteiger partial charge in [0.05, 0.1) is 12.5 Å². The van der Waals surface area contributed by atoms with Gasteiger partial charge in [-0.05, 0) is 31.5 Å². The summed E-state index contributed by atoms with van der Waals surface area (Å²) in [4.78, 5) is 7.92. The van der Waals surface area contributed by atoms with E-state index in [9.17, 15) is 13.9 Å². The first-order chi connectivity index (χ1) is 12.9. The summed E-state index contributed by atoms with van der Waals surface area (Å²) in [5.41, 5.74) is -0.152. The summed E-state index contributed by atoms with van der Waals surface area (Å²) < 4.78 is 29.2. The molecule has 138 valence electrons. The van der Waals surface area contributed by atoms with E-state index in [2.05, 4.69) is 26.9 Å². The van der Waals surface area contributed by atoms with Gasteiger partial charge in [-0.15, -0.1) is 0 Å². The Morgan fingerprint density at radius 3 is 2.70 bits per heavy atom. The smallest absolute Gasteiger partial charge is 0.137 e. The molecule has 0 aliphatic rings. The lowest BCUT2D eigenvalue weighted by Gasteiger charge is -2.32. The van der Waals surface area contributed by atoms with Gasteiger partial charge in [0, 0.05) is 29.6 Å². The molecule has 0 unspecified atom stereocenters. The molecule has 0 saturated carbocycles. The molecule has 7 heteroatoms. The van der Waals surface area contributed by atoms with E-state index < -0.39 is 23.2 Å². The summed E-state index contributed by atoms with van der Waals surface area (Å²) >= 11 is 0. The standard InChI is InChI=1S/C20H18F2N4O/c1-14-7-16(10-23-9-14)4-3-15(2)20(27,11-26-13-24-12-25-26)18-6-5-17(21)8-19(18)22/h5-10,12-13,15,27H,11H2,1-2H3/t15-,20+/m0/s1. The molecule has 0 radical (unpaired) electrons. The molecule has 3 aromatic rings. The molecule has 0 amide bonds. The van der Waals surface area contributed by atoms with Crippen molar-refractivity contribution in [2.45, 2.75) is 26.0 Å². The van der Waals surface area contributed by atoms with Crippen LogP contribution < -0.4 is 0 Å². The van der Waals surface area contributed by atoms with Gasteiger partial charge in [-0.25, -0.2) is 18.4 Å². The number of aliphatic hydroxyl groups is 1. The first kappa shape index (κ1) is 18.7. The van der Waals surface area contributed by atoms with Gasteiger partial charge in [-0.3, -0.25) is 4.98 Å². The SMILES string of the molecule is Cc1cncc(C#C[C@H](C)[C@](O)(Cn2cncn2)c2ccc(F)cc2F)c1. The Kier molecular flexibility index (Phi) is 5.28. The average Bonchev–Trinajstić information content (AvgIpc) is 3.12. The normalized spacial score (nSPS) is 14.1. The Balaban J connectivity index is 2.01. The minimum absolute atomic E-state index is 0.0523. The van der Waals surface area contributed by atoms with Gasteiger partial charge in [0.2, 0.25) is 0 Å². The summed E-state index contributed by atoms with van der Waals surface area (Å²) in [6.45, 7) is 3.49. The zero-order valence-electron chi connectivity index (χ0n) is 14.9. The van der Waals surface area contributed by atoms with Crippen LogP contribution in [0.4, 0.5) is 8.78 Å². The van der Waals surface area contributed by atoms with Crippen LogP contribution in [0.2, 0.25) is 0 Å². The third-order valence-electron chi connectivity index (χ3n) is 4.29. The number of rotatable bonds is 4. The van der Waals surface area contributed by atoms with Crippen molar-refractivity contribution in [1.29, 1.82) is 0 Å². The Labute approximate surface area is 155 Å². The lowest BCUT2D eigenvalue weighted by atomic mass is 9.82. The zero-order valence-corrected chi connectivity index (χ0v) is 14.9. The molecule has 5 nitrogen and oxygen atoms in total. The van der Waals surface area contributed by atoms with Crippen LogP contribution in [0.3, 0.4) is 0 Å². The number of aromatic nitrogens is 4. The maximum atomic E-state index is 14.4. The first-order valence-electron chi connectivity index (χ1n) is 8.32. The predicted molar refractivity (Wildman–Crippen MR) is 95.3 cm³/mol. The lowest BCUT2D eigenvalue weighted by molar-refractivity contribution is -0.0191. The fraction of sp³-hybridized carbons (Fsp3) is 0.250. The zero-order chi connectivity index (χ0) is 19.4. The number of aryl methyl sites for hydroxylation is 1. The van der Waals surface area contributed by atoms with E-state index in [1.54, 1.807) is 19.3 Å². The van der Waals surface area contributed by atoms with E-state index in [-0.39, 0.29) is 12.1 Å². The van der Waals surface area contributed by atoms with Crippen molar-refractivity contribution in [3.8, 4) is 11.8 Å². The second kappa shape index (κ2) is 7.64. The lowest BCUT2D eigenvalue weighted by Crippen LogP contribution is -2.39. The van der Waals surface area contributed by atoms with Crippen LogP contribution in [0.1, 0.15) is 23.6 Å². The molecule has 0 spiro atoms. The van der Waals surface area contributed by atoms with Crippen molar-refractivity contribution >= 4 is 0 Å². The quantitative estimate of drug-likeness (QED) is 0.720.